The van der Waals surface area contributed by atoms with Crippen molar-refractivity contribution >= 4 is 23.0 Å². The summed E-state index contributed by atoms with van der Waals surface area (Å²) in [6, 6.07) is 5.64. The van der Waals surface area contributed by atoms with Crippen LogP contribution in [0.4, 0.5) is 11.4 Å². The van der Waals surface area contributed by atoms with Gasteiger partial charge in [-0.3, -0.25) is 0 Å². The third kappa shape index (κ3) is 2.73. The highest BCUT2D eigenvalue weighted by molar-refractivity contribution is 6.34. The Morgan fingerprint density at radius 2 is 1.72 bits per heavy atom. The van der Waals surface area contributed by atoms with Crippen LogP contribution in [-0.4, -0.2) is 24.3 Å². The lowest BCUT2D eigenvalue weighted by Crippen LogP contribution is -2.57. The first-order chi connectivity index (χ1) is 8.20. The first-order valence-electron chi connectivity index (χ1n) is 6.19. The van der Waals surface area contributed by atoms with Crippen molar-refractivity contribution in [1.82, 2.24) is 0 Å². The number of rotatable bonds is 1. The third-order valence-corrected chi connectivity index (χ3v) is 3.34. The second kappa shape index (κ2) is 4.32. The summed E-state index contributed by atoms with van der Waals surface area (Å²) < 4.78 is 6.07. The van der Waals surface area contributed by atoms with Crippen molar-refractivity contribution in [2.24, 2.45) is 0 Å². The molecule has 1 aliphatic rings. The van der Waals surface area contributed by atoms with Crippen molar-refractivity contribution in [2.45, 2.75) is 38.9 Å². The molecule has 1 heterocycles. The summed E-state index contributed by atoms with van der Waals surface area (Å²) in [5.41, 5.74) is 7.27. The number of hydrogen-bond donors (Lipinski definition) is 1. The third-order valence-electron chi connectivity index (χ3n) is 3.03. The number of nitrogen functional groups attached to an aromatic ring is 1. The minimum Gasteiger partial charge on any atom is -0.397 e. The minimum absolute atomic E-state index is 0.215. The number of ether oxygens (including phenoxy) is 1. The number of nitrogens with zero attached hydrogens (tertiary/aromatic N) is 1. The van der Waals surface area contributed by atoms with Gasteiger partial charge in [0.15, 0.2) is 0 Å². The van der Waals surface area contributed by atoms with Crippen molar-refractivity contribution in [3.05, 3.63) is 23.2 Å². The van der Waals surface area contributed by atoms with E-state index in [-0.39, 0.29) is 11.2 Å². The smallest absolute Gasteiger partial charge is 0.0808 e. The van der Waals surface area contributed by atoms with Gasteiger partial charge in [0.05, 0.1) is 27.6 Å². The van der Waals surface area contributed by atoms with Crippen LogP contribution in [0.3, 0.4) is 0 Å². The van der Waals surface area contributed by atoms with Crippen molar-refractivity contribution in [3.63, 3.8) is 0 Å². The average Bonchev–Trinajstić information content (AvgIpc) is 2.11. The molecule has 1 fully saturated rings. The fourth-order valence-corrected chi connectivity index (χ4v) is 3.11. The molecule has 0 atom stereocenters. The lowest BCUT2D eigenvalue weighted by Gasteiger charge is -2.48. The molecular formula is C14H21ClN2O. The number of morpholine rings is 1. The van der Waals surface area contributed by atoms with Crippen LogP contribution in [0.2, 0.25) is 5.02 Å². The highest BCUT2D eigenvalue weighted by Crippen LogP contribution is 2.37. The second-order valence-electron chi connectivity index (χ2n) is 6.16. The van der Waals surface area contributed by atoms with E-state index in [2.05, 4.69) is 32.6 Å². The molecule has 1 aromatic rings. The maximum atomic E-state index is 6.29. The molecule has 0 aliphatic carbocycles. The lowest BCUT2D eigenvalue weighted by molar-refractivity contribution is -0.133. The molecule has 18 heavy (non-hydrogen) atoms. The van der Waals surface area contributed by atoms with Gasteiger partial charge in [0.2, 0.25) is 0 Å². The summed E-state index contributed by atoms with van der Waals surface area (Å²) in [7, 11) is 0. The first-order valence-corrected chi connectivity index (χ1v) is 6.57. The van der Waals surface area contributed by atoms with Crippen LogP contribution in [-0.2, 0) is 4.74 Å². The molecule has 0 radical (unpaired) electrons. The molecule has 1 aliphatic heterocycles. The molecule has 4 heteroatoms. The van der Waals surface area contributed by atoms with Crippen LogP contribution in [0, 0.1) is 0 Å². The molecule has 0 saturated carbocycles. The van der Waals surface area contributed by atoms with Gasteiger partial charge in [-0.25, -0.2) is 0 Å². The van der Waals surface area contributed by atoms with Gasteiger partial charge in [-0.2, -0.15) is 0 Å². The van der Waals surface area contributed by atoms with Crippen molar-refractivity contribution in [2.75, 3.05) is 23.7 Å². The Morgan fingerprint density at radius 1 is 1.17 bits per heavy atom. The maximum absolute atomic E-state index is 6.29. The number of benzene rings is 1. The summed E-state index contributed by atoms with van der Waals surface area (Å²) >= 11 is 6.29. The summed E-state index contributed by atoms with van der Waals surface area (Å²) in [4.78, 5) is 2.22. The number of hydrogen-bond acceptors (Lipinski definition) is 3. The van der Waals surface area contributed by atoms with Gasteiger partial charge in [0, 0.05) is 13.1 Å². The minimum atomic E-state index is -0.215. The highest BCUT2D eigenvalue weighted by Gasteiger charge is 2.39. The second-order valence-corrected chi connectivity index (χ2v) is 6.56. The quantitative estimate of drug-likeness (QED) is 0.794. The summed E-state index contributed by atoms with van der Waals surface area (Å²) in [6.45, 7) is 9.93. The van der Waals surface area contributed by atoms with E-state index in [9.17, 15) is 0 Å². The van der Waals surface area contributed by atoms with Crippen LogP contribution < -0.4 is 10.6 Å². The average molecular weight is 269 g/mol. The van der Waals surface area contributed by atoms with Gasteiger partial charge >= 0.3 is 0 Å². The monoisotopic (exact) mass is 268 g/mol. The predicted molar refractivity (Wildman–Crippen MR) is 77.3 cm³/mol. The Bertz CT molecular complexity index is 421. The number of halogens is 1. The summed E-state index contributed by atoms with van der Waals surface area (Å²) in [5.74, 6) is 0. The van der Waals surface area contributed by atoms with Gasteiger partial charge in [-0.05, 0) is 39.8 Å². The zero-order valence-electron chi connectivity index (χ0n) is 11.5. The van der Waals surface area contributed by atoms with E-state index < -0.39 is 0 Å². The van der Waals surface area contributed by atoms with Gasteiger partial charge in [-0.15, -0.1) is 0 Å². The molecule has 0 amide bonds. The van der Waals surface area contributed by atoms with Crippen LogP contribution in [0.15, 0.2) is 18.2 Å². The van der Waals surface area contributed by atoms with E-state index in [1.165, 1.54) is 0 Å². The molecule has 2 N–H and O–H groups in total. The highest BCUT2D eigenvalue weighted by atomic mass is 35.5. The van der Waals surface area contributed by atoms with Crippen LogP contribution in [0.1, 0.15) is 27.7 Å². The fraction of sp³-hybridized carbons (Fsp3) is 0.571. The standard InChI is InChI=1S/C14H21ClN2O/c1-13(2)8-17(9-14(3,4)18-13)12-10(15)6-5-7-11(12)16/h5-7H,8-9,16H2,1-4H3. The predicted octanol–water partition coefficient (Wildman–Crippen LogP) is 3.32. The van der Waals surface area contributed by atoms with Gasteiger partial charge in [0.1, 0.15) is 0 Å². The fourth-order valence-electron chi connectivity index (χ4n) is 2.81. The first kappa shape index (κ1) is 13.5. The van der Waals surface area contributed by atoms with Crippen LogP contribution >= 0.6 is 11.6 Å². The zero-order valence-corrected chi connectivity index (χ0v) is 12.2. The van der Waals surface area contributed by atoms with Gasteiger partial charge in [-0.1, -0.05) is 17.7 Å². The summed E-state index contributed by atoms with van der Waals surface area (Å²) in [6.07, 6.45) is 0. The van der Waals surface area contributed by atoms with Crippen LogP contribution in [0.25, 0.3) is 0 Å². The van der Waals surface area contributed by atoms with E-state index in [1.54, 1.807) is 0 Å². The molecule has 0 aromatic heterocycles. The Kier molecular flexibility index (Phi) is 3.24. The van der Waals surface area contributed by atoms with E-state index in [0.29, 0.717) is 5.02 Å². The normalized spacial score (nSPS) is 21.9. The topological polar surface area (TPSA) is 38.5 Å². The molecule has 0 spiro atoms. The Hall–Kier alpha value is -0.930. The van der Waals surface area contributed by atoms with Gasteiger partial charge in [0.25, 0.3) is 0 Å². The Balaban J connectivity index is 2.39. The van der Waals surface area contributed by atoms with Gasteiger partial charge < -0.3 is 15.4 Å². The van der Waals surface area contributed by atoms with E-state index in [0.717, 1.165) is 24.5 Å². The molecule has 100 valence electrons. The molecule has 3 nitrogen and oxygen atoms in total. The molecule has 0 bridgehead atoms. The Labute approximate surface area is 114 Å². The molecule has 1 aromatic carbocycles. The maximum Gasteiger partial charge on any atom is 0.0808 e. The largest absolute Gasteiger partial charge is 0.397 e. The van der Waals surface area contributed by atoms with E-state index in [4.69, 9.17) is 22.1 Å². The molecule has 0 unspecified atom stereocenters. The number of anilines is 2. The zero-order chi connectivity index (χ0) is 13.6. The lowest BCUT2D eigenvalue weighted by atomic mass is 9.98. The van der Waals surface area contributed by atoms with Crippen molar-refractivity contribution in [3.8, 4) is 0 Å². The molecule has 1 saturated heterocycles. The molecular weight excluding hydrogens is 248 g/mol. The SMILES string of the molecule is CC1(C)CN(c2c(N)cccc2Cl)CC(C)(C)O1. The molecule has 2 rings (SSSR count). The number of para-hydroxylation sites is 1. The Morgan fingerprint density at radius 3 is 2.22 bits per heavy atom. The summed E-state index contributed by atoms with van der Waals surface area (Å²) in [5, 5.41) is 0.698. The van der Waals surface area contributed by atoms with E-state index in [1.807, 2.05) is 18.2 Å². The van der Waals surface area contributed by atoms with E-state index >= 15 is 0 Å². The number of nitrogens with two attached hydrogens (primary N) is 1. The van der Waals surface area contributed by atoms with Crippen LogP contribution in [0.5, 0.6) is 0 Å². The van der Waals surface area contributed by atoms with Crippen molar-refractivity contribution in [1.29, 1.82) is 0 Å². The van der Waals surface area contributed by atoms with Crippen molar-refractivity contribution < 1.29 is 4.74 Å².